The topological polar surface area (TPSA) is 33.1 Å². The van der Waals surface area contributed by atoms with Crippen LogP contribution >= 0.6 is 12.2 Å². The van der Waals surface area contributed by atoms with Crippen LogP contribution in [0.1, 0.15) is 34.5 Å². The Kier molecular flexibility index (Phi) is 5.04. The standard InChI is InChI=1S/C26H24N4S/c1-18-11-12-22(16-19(18)2)30-25(24(28-26(30)31)23-10-6-7-14-27-23)20-13-15-29(17-20)21-8-4-3-5-9-21/h3-17,24-25H,1-2H3,(H,28,31)/t24-,25+/m1/s1. The van der Waals surface area contributed by atoms with Gasteiger partial charge in [0.25, 0.3) is 0 Å². The van der Waals surface area contributed by atoms with E-state index in [0.29, 0.717) is 0 Å². The van der Waals surface area contributed by atoms with Crippen molar-refractivity contribution in [3.63, 3.8) is 0 Å². The molecule has 5 rings (SSSR count). The van der Waals surface area contributed by atoms with Gasteiger partial charge in [0.15, 0.2) is 5.11 Å². The van der Waals surface area contributed by atoms with Gasteiger partial charge in [-0.2, -0.15) is 0 Å². The summed E-state index contributed by atoms with van der Waals surface area (Å²) in [6.07, 6.45) is 6.14. The average molecular weight is 425 g/mol. The predicted octanol–water partition coefficient (Wildman–Crippen LogP) is 5.67. The summed E-state index contributed by atoms with van der Waals surface area (Å²) >= 11 is 5.83. The number of anilines is 1. The quantitative estimate of drug-likeness (QED) is 0.428. The second-order valence-electron chi connectivity index (χ2n) is 7.95. The third-order valence-electron chi connectivity index (χ3n) is 5.98. The Morgan fingerprint density at radius 1 is 0.871 bits per heavy atom. The van der Waals surface area contributed by atoms with Crippen molar-refractivity contribution in [1.29, 1.82) is 0 Å². The molecule has 4 aromatic rings. The molecule has 1 N–H and O–H groups in total. The monoisotopic (exact) mass is 424 g/mol. The fourth-order valence-electron chi connectivity index (χ4n) is 4.20. The van der Waals surface area contributed by atoms with Gasteiger partial charge in [-0.25, -0.2) is 0 Å². The number of para-hydroxylation sites is 1. The average Bonchev–Trinajstić information content (AvgIpc) is 3.41. The van der Waals surface area contributed by atoms with Gasteiger partial charge in [-0.3, -0.25) is 4.98 Å². The van der Waals surface area contributed by atoms with Crippen molar-refractivity contribution in [2.75, 3.05) is 4.90 Å². The van der Waals surface area contributed by atoms with Crippen molar-refractivity contribution in [2.24, 2.45) is 0 Å². The summed E-state index contributed by atoms with van der Waals surface area (Å²) in [5.74, 6) is 0. The van der Waals surface area contributed by atoms with E-state index in [0.717, 1.165) is 22.2 Å². The minimum Gasteiger partial charge on any atom is -0.351 e. The highest BCUT2D eigenvalue weighted by Gasteiger charge is 2.41. The molecule has 0 unspecified atom stereocenters. The fourth-order valence-corrected chi connectivity index (χ4v) is 4.54. The molecule has 1 aliphatic rings. The van der Waals surface area contributed by atoms with E-state index in [9.17, 15) is 0 Å². The Hall–Kier alpha value is -3.44. The van der Waals surface area contributed by atoms with E-state index >= 15 is 0 Å². The Morgan fingerprint density at radius 3 is 2.42 bits per heavy atom. The molecule has 4 nitrogen and oxygen atoms in total. The molecule has 0 spiro atoms. The lowest BCUT2D eigenvalue weighted by Gasteiger charge is -2.27. The summed E-state index contributed by atoms with van der Waals surface area (Å²) in [5.41, 5.74) is 6.92. The van der Waals surface area contributed by atoms with Gasteiger partial charge in [-0.05, 0) is 85.2 Å². The van der Waals surface area contributed by atoms with Gasteiger partial charge >= 0.3 is 0 Å². The number of rotatable bonds is 4. The van der Waals surface area contributed by atoms with Crippen LogP contribution in [0.3, 0.4) is 0 Å². The Labute approximate surface area is 188 Å². The molecule has 154 valence electrons. The number of aryl methyl sites for hydroxylation is 2. The molecule has 1 saturated heterocycles. The van der Waals surface area contributed by atoms with Crippen LogP contribution in [0.15, 0.2) is 91.4 Å². The maximum absolute atomic E-state index is 5.83. The lowest BCUT2D eigenvalue weighted by molar-refractivity contribution is 0.568. The van der Waals surface area contributed by atoms with Crippen molar-refractivity contribution in [1.82, 2.24) is 14.9 Å². The van der Waals surface area contributed by atoms with Gasteiger partial charge in [0.1, 0.15) is 0 Å². The molecule has 0 amide bonds. The minimum atomic E-state index is -0.0399. The molecular formula is C26H24N4S. The third kappa shape index (κ3) is 3.62. The number of benzene rings is 2. The zero-order valence-corrected chi connectivity index (χ0v) is 18.4. The first-order valence-corrected chi connectivity index (χ1v) is 10.8. The first-order valence-electron chi connectivity index (χ1n) is 10.4. The van der Waals surface area contributed by atoms with Crippen LogP contribution in [0.25, 0.3) is 5.69 Å². The molecule has 2 atom stereocenters. The van der Waals surface area contributed by atoms with Gasteiger partial charge in [0.2, 0.25) is 0 Å². The van der Waals surface area contributed by atoms with Crippen molar-refractivity contribution in [3.05, 3.63) is 114 Å². The maximum Gasteiger partial charge on any atom is 0.174 e. The molecular weight excluding hydrogens is 400 g/mol. The van der Waals surface area contributed by atoms with Crippen molar-refractivity contribution >= 4 is 23.0 Å². The molecule has 0 aliphatic carbocycles. The number of pyridine rings is 1. The number of hydrogen-bond acceptors (Lipinski definition) is 2. The van der Waals surface area contributed by atoms with E-state index in [1.165, 1.54) is 16.7 Å². The summed E-state index contributed by atoms with van der Waals surface area (Å²) in [7, 11) is 0. The van der Waals surface area contributed by atoms with Gasteiger partial charge in [0, 0.05) is 30.0 Å². The van der Waals surface area contributed by atoms with Crippen LogP contribution in [-0.2, 0) is 0 Å². The summed E-state index contributed by atoms with van der Waals surface area (Å²) < 4.78 is 2.16. The van der Waals surface area contributed by atoms with Crippen molar-refractivity contribution in [2.45, 2.75) is 25.9 Å². The normalized spacial score (nSPS) is 18.3. The van der Waals surface area contributed by atoms with Gasteiger partial charge in [-0.15, -0.1) is 0 Å². The summed E-state index contributed by atoms with van der Waals surface area (Å²) in [6.45, 7) is 4.27. The van der Waals surface area contributed by atoms with Gasteiger partial charge in [-0.1, -0.05) is 30.3 Å². The molecule has 0 bridgehead atoms. The largest absolute Gasteiger partial charge is 0.351 e. The number of nitrogens with one attached hydrogen (secondary N) is 1. The van der Waals surface area contributed by atoms with Gasteiger partial charge < -0.3 is 14.8 Å². The molecule has 31 heavy (non-hydrogen) atoms. The Morgan fingerprint density at radius 2 is 1.68 bits per heavy atom. The first kappa shape index (κ1) is 19.5. The summed E-state index contributed by atoms with van der Waals surface area (Å²) in [5, 5.41) is 4.25. The highest BCUT2D eigenvalue weighted by molar-refractivity contribution is 7.80. The minimum absolute atomic E-state index is 0.00512. The third-order valence-corrected chi connectivity index (χ3v) is 6.29. The van der Waals surface area contributed by atoms with E-state index in [1.54, 1.807) is 0 Å². The second-order valence-corrected chi connectivity index (χ2v) is 8.34. The van der Waals surface area contributed by atoms with Crippen LogP contribution in [0, 0.1) is 13.8 Å². The highest BCUT2D eigenvalue weighted by atomic mass is 32.1. The number of thiocarbonyl (C=S) groups is 1. The fraction of sp³-hybridized carbons (Fsp3) is 0.154. The highest BCUT2D eigenvalue weighted by Crippen LogP contribution is 2.42. The summed E-state index contributed by atoms with van der Waals surface area (Å²) in [4.78, 5) is 6.87. The number of nitrogens with zero attached hydrogens (tertiary/aromatic N) is 3. The molecule has 1 fully saturated rings. The molecule has 3 heterocycles. The zero-order chi connectivity index (χ0) is 21.4. The van der Waals surface area contributed by atoms with E-state index < -0.39 is 0 Å². The molecule has 5 heteroatoms. The smallest absolute Gasteiger partial charge is 0.174 e. The maximum atomic E-state index is 5.83. The zero-order valence-electron chi connectivity index (χ0n) is 17.6. The lowest BCUT2D eigenvalue weighted by atomic mass is 9.98. The number of aromatic nitrogens is 2. The predicted molar refractivity (Wildman–Crippen MR) is 130 cm³/mol. The van der Waals surface area contributed by atoms with Crippen LogP contribution in [0.4, 0.5) is 5.69 Å². The van der Waals surface area contributed by atoms with E-state index in [-0.39, 0.29) is 12.1 Å². The van der Waals surface area contributed by atoms with Gasteiger partial charge in [0.05, 0.1) is 17.8 Å². The lowest BCUT2D eigenvalue weighted by Crippen LogP contribution is -2.29. The van der Waals surface area contributed by atoms with Crippen molar-refractivity contribution < 1.29 is 0 Å². The Balaban J connectivity index is 1.61. The van der Waals surface area contributed by atoms with Crippen molar-refractivity contribution in [3.8, 4) is 5.69 Å². The molecule has 0 saturated carbocycles. The van der Waals surface area contributed by atoms with E-state index in [2.05, 4.69) is 101 Å². The molecule has 1 aliphatic heterocycles. The second kappa shape index (κ2) is 8.00. The molecule has 2 aromatic carbocycles. The van der Waals surface area contributed by atoms with E-state index in [1.807, 2.05) is 24.4 Å². The molecule has 2 aromatic heterocycles. The Bertz CT molecular complexity index is 1220. The van der Waals surface area contributed by atoms with Crippen LogP contribution in [-0.4, -0.2) is 14.7 Å². The molecule has 0 radical (unpaired) electrons. The van der Waals surface area contributed by atoms with Crippen LogP contribution in [0.5, 0.6) is 0 Å². The van der Waals surface area contributed by atoms with E-state index in [4.69, 9.17) is 12.2 Å². The number of hydrogen-bond donors (Lipinski definition) is 1. The summed E-state index contributed by atoms with van der Waals surface area (Å²) in [6, 6.07) is 25.1. The first-order chi connectivity index (χ1) is 15.1. The van der Waals surface area contributed by atoms with Crippen LogP contribution < -0.4 is 10.2 Å². The van der Waals surface area contributed by atoms with Crippen LogP contribution in [0.2, 0.25) is 0 Å². The SMILES string of the molecule is Cc1ccc(N2C(=S)N[C@H](c3ccccn3)[C@@H]2c2ccn(-c3ccccc3)c2)cc1C.